The molecule has 1 rings (SSSR count). The normalized spacial score (nSPS) is 12.6. The number of hydrogen-bond acceptors (Lipinski definition) is 4. The maximum absolute atomic E-state index is 12.1. The third kappa shape index (κ3) is 5.96. The lowest BCUT2D eigenvalue weighted by atomic mass is 9.39. The molecule has 0 aromatic heterocycles. The molecule has 0 aliphatic rings. The summed E-state index contributed by atoms with van der Waals surface area (Å²) in [7, 11) is 9.75. The summed E-state index contributed by atoms with van der Waals surface area (Å²) in [4.78, 5) is 24.1. The molecule has 6 nitrogen and oxygen atoms in total. The first-order valence-electron chi connectivity index (χ1n) is 7.43. The molecule has 0 spiro atoms. The number of nitrogens with one attached hydrogen (secondary N) is 2. The number of halogens is 2. The van der Waals surface area contributed by atoms with Crippen molar-refractivity contribution in [1.29, 1.82) is 0 Å². The van der Waals surface area contributed by atoms with E-state index in [9.17, 15) is 19.6 Å². The van der Waals surface area contributed by atoms with Gasteiger partial charge >= 0.3 is 7.12 Å². The van der Waals surface area contributed by atoms with Crippen LogP contribution in [-0.4, -0.2) is 57.2 Å². The number of benzene rings is 1. The third-order valence-electron chi connectivity index (χ3n) is 3.74. The van der Waals surface area contributed by atoms with Gasteiger partial charge in [-0.2, -0.15) is 0 Å². The Bertz CT molecular complexity index is 645. The zero-order valence-electron chi connectivity index (χ0n) is 13.8. The van der Waals surface area contributed by atoms with Crippen molar-refractivity contribution in [2.45, 2.75) is 25.0 Å². The van der Waals surface area contributed by atoms with Gasteiger partial charge in [0.15, 0.2) is 0 Å². The van der Waals surface area contributed by atoms with Gasteiger partial charge in [-0.3, -0.25) is 9.59 Å². The maximum Gasteiger partial charge on any atom is 0.474 e. The Morgan fingerprint density at radius 2 is 1.88 bits per heavy atom. The highest BCUT2D eigenvalue weighted by Gasteiger charge is 2.40. The van der Waals surface area contributed by atoms with Gasteiger partial charge in [-0.15, -0.1) is 0 Å². The van der Waals surface area contributed by atoms with E-state index < -0.39 is 36.6 Å². The van der Waals surface area contributed by atoms with Crippen molar-refractivity contribution in [3.8, 4) is 0 Å². The monoisotopic (exact) mass is 380 g/mol. The zero-order chi connectivity index (χ0) is 19.4. The second kappa shape index (κ2) is 8.99. The molecule has 0 saturated heterocycles. The van der Waals surface area contributed by atoms with E-state index in [1.165, 1.54) is 18.2 Å². The molecule has 130 valence electrons. The third-order valence-corrected chi connectivity index (χ3v) is 4.30. The summed E-state index contributed by atoms with van der Waals surface area (Å²) < 4.78 is 0. The lowest BCUT2D eigenvalue weighted by Crippen LogP contribution is -2.57. The Morgan fingerprint density at radius 1 is 1.28 bits per heavy atom. The molecule has 0 aliphatic heterocycles. The summed E-state index contributed by atoms with van der Waals surface area (Å²) in [5.74, 6) is -3.00. The van der Waals surface area contributed by atoms with Crippen LogP contribution >= 0.6 is 23.2 Å². The van der Waals surface area contributed by atoms with Crippen LogP contribution in [0.15, 0.2) is 18.2 Å². The van der Waals surface area contributed by atoms with Crippen molar-refractivity contribution < 1.29 is 19.6 Å². The van der Waals surface area contributed by atoms with Crippen LogP contribution in [0, 0.1) is 5.92 Å². The Balaban J connectivity index is 2.72. The number of rotatable bonds is 7. The predicted octanol–water partition coefficient (Wildman–Crippen LogP) is 0.329. The van der Waals surface area contributed by atoms with Crippen LogP contribution in [-0.2, 0) is 4.79 Å². The number of carbonyl (C=O) groups is 2. The topological polar surface area (TPSA) is 98.7 Å². The quantitative estimate of drug-likeness (QED) is 0.512. The van der Waals surface area contributed by atoms with Crippen LogP contribution in [0.25, 0.3) is 0 Å². The average Bonchev–Trinajstić information content (AvgIpc) is 2.51. The number of amides is 2. The van der Waals surface area contributed by atoms with Gasteiger partial charge in [0.2, 0.25) is 5.91 Å². The van der Waals surface area contributed by atoms with Crippen LogP contribution in [0.3, 0.4) is 0 Å². The molecular weight excluding hydrogens is 364 g/mol. The van der Waals surface area contributed by atoms with Crippen LogP contribution < -0.4 is 10.6 Å². The Morgan fingerprint density at radius 3 is 2.40 bits per heavy atom. The molecule has 0 heterocycles. The second-order valence-electron chi connectivity index (χ2n) is 5.92. The molecule has 25 heavy (non-hydrogen) atoms. The standard InChI is InChI=1S/C14H17B3Cl2N2O4/c1-7(2)14(15,16)13(17(24)25)21-11(22)6-20-12(23)9-5-8(18)3-4-10(9)19/h3-5,7,13,24-25H,6H2,1-2H3,(H,20,23)(H,21,22)/t13-/m0/s1. The SMILES string of the molecule is [B]C([B])(C(C)C)[C@H](NC(=O)CNC(=O)c1cc(Cl)ccc1Cl)B(O)O. The molecule has 0 aliphatic carbocycles. The van der Waals surface area contributed by atoms with Crippen molar-refractivity contribution in [3.05, 3.63) is 33.8 Å². The summed E-state index contributed by atoms with van der Waals surface area (Å²) in [6, 6.07) is 4.34. The van der Waals surface area contributed by atoms with Gasteiger partial charge in [0.25, 0.3) is 5.91 Å². The summed E-state index contributed by atoms with van der Waals surface area (Å²) in [6.45, 7) is 2.90. The fourth-order valence-electron chi connectivity index (χ4n) is 1.97. The largest absolute Gasteiger partial charge is 0.474 e. The van der Waals surface area contributed by atoms with E-state index >= 15 is 0 Å². The average molecular weight is 381 g/mol. The maximum atomic E-state index is 12.1. The molecule has 1 aromatic rings. The van der Waals surface area contributed by atoms with Gasteiger partial charge in [-0.25, -0.2) is 0 Å². The van der Waals surface area contributed by atoms with E-state index in [0.29, 0.717) is 5.02 Å². The summed E-state index contributed by atoms with van der Waals surface area (Å²) in [6.07, 6.45) is 0. The molecule has 4 radical (unpaired) electrons. The van der Waals surface area contributed by atoms with E-state index in [1.807, 2.05) is 0 Å². The van der Waals surface area contributed by atoms with Crippen LogP contribution in [0.4, 0.5) is 0 Å². The van der Waals surface area contributed by atoms with Crippen LogP contribution in [0.5, 0.6) is 0 Å². The lowest BCUT2D eigenvalue weighted by Gasteiger charge is -2.39. The van der Waals surface area contributed by atoms with Gasteiger partial charge < -0.3 is 20.7 Å². The fourth-order valence-corrected chi connectivity index (χ4v) is 2.34. The first-order valence-corrected chi connectivity index (χ1v) is 8.19. The Kier molecular flexibility index (Phi) is 7.87. The molecule has 0 fully saturated rings. The van der Waals surface area contributed by atoms with Crippen molar-refractivity contribution in [2.75, 3.05) is 6.54 Å². The first-order chi connectivity index (χ1) is 11.5. The summed E-state index contributed by atoms with van der Waals surface area (Å²) >= 11 is 11.7. The van der Waals surface area contributed by atoms with E-state index in [1.54, 1.807) is 13.8 Å². The van der Waals surface area contributed by atoms with Gasteiger partial charge in [-0.05, 0) is 18.2 Å². The van der Waals surface area contributed by atoms with Crippen molar-refractivity contribution in [2.24, 2.45) is 5.92 Å². The van der Waals surface area contributed by atoms with Gasteiger partial charge in [0.1, 0.15) is 0 Å². The molecule has 2 amide bonds. The first kappa shape index (κ1) is 21.9. The van der Waals surface area contributed by atoms with Gasteiger partial charge in [0, 0.05) is 5.02 Å². The predicted molar refractivity (Wildman–Crippen MR) is 100.0 cm³/mol. The van der Waals surface area contributed by atoms with Crippen molar-refractivity contribution in [3.63, 3.8) is 0 Å². The van der Waals surface area contributed by atoms with Crippen molar-refractivity contribution >= 4 is 57.8 Å². The van der Waals surface area contributed by atoms with E-state index in [4.69, 9.17) is 38.9 Å². The van der Waals surface area contributed by atoms with Crippen LogP contribution in [0.2, 0.25) is 15.3 Å². The second-order valence-corrected chi connectivity index (χ2v) is 6.76. The molecule has 0 bridgehead atoms. The molecule has 1 aromatic carbocycles. The smallest absolute Gasteiger partial charge is 0.426 e. The molecule has 0 saturated carbocycles. The highest BCUT2D eigenvalue weighted by Crippen LogP contribution is 2.32. The molecular formula is C14H17B3Cl2N2O4. The molecule has 4 N–H and O–H groups in total. The molecule has 1 atom stereocenters. The minimum atomic E-state index is -1.97. The van der Waals surface area contributed by atoms with E-state index in [0.717, 1.165) is 0 Å². The minimum Gasteiger partial charge on any atom is -0.426 e. The summed E-state index contributed by atoms with van der Waals surface area (Å²) in [5.41, 5.74) is 0.106. The Hall–Kier alpha value is -1.15. The highest BCUT2D eigenvalue weighted by molar-refractivity contribution is 6.52. The fraction of sp³-hybridized carbons (Fsp3) is 0.429. The minimum absolute atomic E-state index is 0.106. The summed E-state index contributed by atoms with van der Waals surface area (Å²) in [5, 5.41) is 22.4. The highest BCUT2D eigenvalue weighted by atomic mass is 35.5. The van der Waals surface area contributed by atoms with Gasteiger partial charge in [0.05, 0.1) is 38.8 Å². The number of carbonyl (C=O) groups excluding carboxylic acids is 2. The number of hydrogen-bond donors (Lipinski definition) is 4. The van der Waals surface area contributed by atoms with Crippen molar-refractivity contribution in [1.82, 2.24) is 10.6 Å². The van der Waals surface area contributed by atoms with Crippen LogP contribution in [0.1, 0.15) is 24.2 Å². The molecule has 11 heteroatoms. The Labute approximate surface area is 159 Å². The van der Waals surface area contributed by atoms with E-state index in [-0.39, 0.29) is 16.5 Å². The lowest BCUT2D eigenvalue weighted by molar-refractivity contribution is -0.120. The van der Waals surface area contributed by atoms with E-state index in [2.05, 4.69) is 10.6 Å². The van der Waals surface area contributed by atoms with Gasteiger partial charge in [-0.1, -0.05) is 48.2 Å². The zero-order valence-corrected chi connectivity index (χ0v) is 15.3. The molecule has 0 unspecified atom stereocenters.